The number of aliphatic hydroxyl groups excluding tert-OH is 1. The number of ether oxygens (including phenoxy) is 4. The molecule has 4 rings (SSSR count). The van der Waals surface area contributed by atoms with E-state index in [4.69, 9.17) is 18.9 Å². The average Bonchev–Trinajstić information content (AvgIpc) is 3.18. The fourth-order valence-corrected chi connectivity index (χ4v) is 7.49. The Kier molecular flexibility index (Phi) is 9.07. The maximum Gasteiger partial charge on any atom is 0.306 e. The fourth-order valence-electron chi connectivity index (χ4n) is 7.49. The van der Waals surface area contributed by atoms with Crippen molar-refractivity contribution in [2.75, 3.05) is 6.61 Å². The van der Waals surface area contributed by atoms with Gasteiger partial charge in [0.15, 0.2) is 0 Å². The zero-order valence-electron chi connectivity index (χ0n) is 23.6. The van der Waals surface area contributed by atoms with Gasteiger partial charge >= 0.3 is 11.9 Å². The van der Waals surface area contributed by atoms with Crippen LogP contribution in [0.25, 0.3) is 0 Å². The minimum absolute atomic E-state index is 0.0405. The molecule has 37 heavy (non-hydrogen) atoms. The van der Waals surface area contributed by atoms with Gasteiger partial charge in [-0.1, -0.05) is 52.5 Å². The lowest BCUT2D eigenvalue weighted by molar-refractivity contribution is -0.204. The molecule has 210 valence electrons. The molecule has 0 aromatic carbocycles. The van der Waals surface area contributed by atoms with Gasteiger partial charge in [-0.05, 0) is 50.0 Å². The topological polar surface area (TPSA) is 91.3 Å². The normalized spacial score (nSPS) is 43.1. The maximum absolute atomic E-state index is 13.0. The number of fused-ring (bicyclic) bond motifs is 2. The standard InChI is InChI=1S/C30H48O7/c1-7-8-9-10-11-12-25(33)37-24-15-22(32)17(2)14-23-27-26-21(13-18(3)28(27)35-20(5)31)19(4)16-34-30(24,6)29(26)36-23/h14,18-19,21-24,26-29,32H,7-13,15-16H2,1-6H3. The summed E-state index contributed by atoms with van der Waals surface area (Å²) in [4.78, 5) is 25.1. The van der Waals surface area contributed by atoms with Gasteiger partial charge in [-0.25, -0.2) is 0 Å². The first-order valence-electron chi connectivity index (χ1n) is 14.6. The predicted octanol–water partition coefficient (Wildman–Crippen LogP) is 4.98. The van der Waals surface area contributed by atoms with Crippen LogP contribution in [0.2, 0.25) is 0 Å². The molecule has 7 nitrogen and oxygen atoms in total. The van der Waals surface area contributed by atoms with Gasteiger partial charge in [-0.2, -0.15) is 0 Å². The molecule has 3 fully saturated rings. The van der Waals surface area contributed by atoms with Crippen molar-refractivity contribution >= 4 is 11.9 Å². The van der Waals surface area contributed by atoms with E-state index in [1.807, 2.05) is 19.9 Å². The molecule has 0 radical (unpaired) electrons. The quantitative estimate of drug-likeness (QED) is 0.274. The Morgan fingerprint density at radius 1 is 1.08 bits per heavy atom. The Morgan fingerprint density at radius 3 is 2.51 bits per heavy atom. The molecule has 1 N–H and O–H groups in total. The molecule has 0 amide bonds. The summed E-state index contributed by atoms with van der Waals surface area (Å²) < 4.78 is 25.6. The van der Waals surface area contributed by atoms with E-state index in [1.165, 1.54) is 13.3 Å². The lowest BCUT2D eigenvalue weighted by atomic mass is 9.59. The summed E-state index contributed by atoms with van der Waals surface area (Å²) in [6, 6.07) is 0. The summed E-state index contributed by atoms with van der Waals surface area (Å²) in [7, 11) is 0. The second kappa shape index (κ2) is 11.7. The van der Waals surface area contributed by atoms with Crippen LogP contribution in [0.5, 0.6) is 0 Å². The number of unbranched alkanes of at least 4 members (excludes halogenated alkanes) is 4. The van der Waals surface area contributed by atoms with Crippen LogP contribution >= 0.6 is 0 Å². The van der Waals surface area contributed by atoms with E-state index >= 15 is 0 Å². The van der Waals surface area contributed by atoms with E-state index in [1.54, 1.807) is 0 Å². The number of esters is 2. The summed E-state index contributed by atoms with van der Waals surface area (Å²) >= 11 is 0. The van der Waals surface area contributed by atoms with Crippen molar-refractivity contribution < 1.29 is 33.6 Å². The van der Waals surface area contributed by atoms with Crippen LogP contribution in [0, 0.1) is 29.6 Å². The van der Waals surface area contributed by atoms with Crippen molar-refractivity contribution in [3.8, 4) is 0 Å². The number of carbonyl (C=O) groups is 2. The minimum Gasteiger partial charge on any atom is -0.462 e. The van der Waals surface area contributed by atoms with Gasteiger partial charge in [0.1, 0.15) is 17.8 Å². The van der Waals surface area contributed by atoms with E-state index in [9.17, 15) is 14.7 Å². The van der Waals surface area contributed by atoms with Crippen molar-refractivity contribution in [3.63, 3.8) is 0 Å². The molecule has 2 saturated heterocycles. The number of hydrogen-bond acceptors (Lipinski definition) is 7. The van der Waals surface area contributed by atoms with Crippen molar-refractivity contribution in [1.29, 1.82) is 0 Å². The number of aliphatic hydroxyl groups is 1. The van der Waals surface area contributed by atoms with Gasteiger partial charge in [0.2, 0.25) is 0 Å². The van der Waals surface area contributed by atoms with Crippen molar-refractivity contribution in [2.45, 2.75) is 129 Å². The molecule has 1 saturated carbocycles. The van der Waals surface area contributed by atoms with E-state index in [0.29, 0.717) is 18.9 Å². The Balaban J connectivity index is 1.67. The van der Waals surface area contributed by atoms with Gasteiger partial charge in [0.05, 0.1) is 24.9 Å². The van der Waals surface area contributed by atoms with Gasteiger partial charge in [-0.15, -0.1) is 0 Å². The van der Waals surface area contributed by atoms with Crippen LogP contribution in [0.4, 0.5) is 0 Å². The summed E-state index contributed by atoms with van der Waals surface area (Å²) in [6.07, 6.45) is 6.52. The summed E-state index contributed by atoms with van der Waals surface area (Å²) in [5, 5.41) is 11.2. The zero-order valence-corrected chi connectivity index (χ0v) is 23.6. The third kappa shape index (κ3) is 5.79. The second-order valence-corrected chi connectivity index (χ2v) is 12.4. The smallest absolute Gasteiger partial charge is 0.306 e. The van der Waals surface area contributed by atoms with E-state index in [0.717, 1.165) is 37.7 Å². The van der Waals surface area contributed by atoms with E-state index in [-0.39, 0.29) is 60.3 Å². The third-order valence-electron chi connectivity index (χ3n) is 9.60. The predicted molar refractivity (Wildman–Crippen MR) is 140 cm³/mol. The summed E-state index contributed by atoms with van der Waals surface area (Å²) in [5.41, 5.74) is -0.128. The molecule has 1 aliphatic carbocycles. The monoisotopic (exact) mass is 520 g/mol. The van der Waals surface area contributed by atoms with Gasteiger partial charge in [0, 0.05) is 31.6 Å². The Morgan fingerprint density at radius 2 is 1.81 bits per heavy atom. The van der Waals surface area contributed by atoms with Crippen LogP contribution in [0.1, 0.15) is 92.9 Å². The highest BCUT2D eigenvalue weighted by Gasteiger charge is 2.65. The zero-order chi connectivity index (χ0) is 26.9. The lowest BCUT2D eigenvalue weighted by Crippen LogP contribution is -2.57. The maximum atomic E-state index is 13.0. The molecular formula is C30H48O7. The molecule has 0 aromatic heterocycles. The van der Waals surface area contributed by atoms with Gasteiger partial charge in [-0.3, -0.25) is 9.59 Å². The SMILES string of the molecule is CCCCCCCC(=O)OC1CC(O)C(C)=CC2OC3C4C(CC(C)C(OC(C)=O)C24)C(C)COC13C. The van der Waals surface area contributed by atoms with Crippen molar-refractivity contribution in [1.82, 2.24) is 0 Å². The van der Waals surface area contributed by atoms with Crippen LogP contribution in [-0.4, -0.2) is 59.8 Å². The number of rotatable bonds is 8. The number of hydrogen-bond donors (Lipinski definition) is 1. The van der Waals surface area contributed by atoms with Crippen LogP contribution in [0.15, 0.2) is 11.6 Å². The minimum atomic E-state index is -0.917. The molecule has 3 aliphatic heterocycles. The van der Waals surface area contributed by atoms with Crippen molar-refractivity contribution in [2.24, 2.45) is 29.6 Å². The molecule has 3 heterocycles. The Bertz CT molecular complexity index is 855. The van der Waals surface area contributed by atoms with E-state index < -0.39 is 17.8 Å². The van der Waals surface area contributed by atoms with Gasteiger partial charge < -0.3 is 24.1 Å². The molecule has 7 heteroatoms. The fraction of sp³-hybridized carbons (Fsp3) is 0.867. The Labute approximate surface area is 222 Å². The highest BCUT2D eigenvalue weighted by Crippen LogP contribution is 2.57. The number of carbonyl (C=O) groups excluding carboxylic acids is 2. The third-order valence-corrected chi connectivity index (χ3v) is 9.60. The highest BCUT2D eigenvalue weighted by atomic mass is 16.6. The molecule has 0 spiro atoms. The first-order chi connectivity index (χ1) is 17.6. The largest absolute Gasteiger partial charge is 0.462 e. The van der Waals surface area contributed by atoms with E-state index in [2.05, 4.69) is 20.8 Å². The molecular weight excluding hydrogens is 472 g/mol. The molecule has 11 unspecified atom stereocenters. The van der Waals surface area contributed by atoms with Crippen molar-refractivity contribution in [3.05, 3.63) is 11.6 Å². The second-order valence-electron chi connectivity index (χ2n) is 12.4. The first kappa shape index (κ1) is 28.6. The molecule has 4 aliphatic rings. The molecule has 0 aromatic rings. The highest BCUT2D eigenvalue weighted by molar-refractivity contribution is 5.69. The van der Waals surface area contributed by atoms with Crippen LogP contribution < -0.4 is 0 Å². The Hall–Kier alpha value is -1.44. The lowest BCUT2D eigenvalue weighted by Gasteiger charge is -2.47. The van der Waals surface area contributed by atoms with Gasteiger partial charge in [0.25, 0.3) is 0 Å². The van der Waals surface area contributed by atoms with Crippen LogP contribution in [-0.2, 0) is 28.5 Å². The molecule has 2 bridgehead atoms. The summed E-state index contributed by atoms with van der Waals surface area (Å²) in [6.45, 7) is 12.5. The first-order valence-corrected chi connectivity index (χ1v) is 14.6. The van der Waals surface area contributed by atoms with Crippen LogP contribution in [0.3, 0.4) is 0 Å². The summed E-state index contributed by atoms with van der Waals surface area (Å²) in [5.74, 6) is 0.354. The molecule has 11 atom stereocenters. The average molecular weight is 521 g/mol.